The van der Waals surface area contributed by atoms with E-state index in [1.54, 1.807) is 0 Å². The minimum absolute atomic E-state index is 0.00315. The molecule has 2 aliphatic rings. The van der Waals surface area contributed by atoms with E-state index >= 15 is 0 Å². The highest BCUT2D eigenvalue weighted by Gasteiger charge is 2.51. The van der Waals surface area contributed by atoms with E-state index in [1.165, 1.54) is 15.9 Å². The van der Waals surface area contributed by atoms with Crippen molar-refractivity contribution in [2.75, 3.05) is 6.61 Å². The van der Waals surface area contributed by atoms with Crippen molar-refractivity contribution in [3.63, 3.8) is 0 Å². The maximum Gasteiger partial charge on any atom is 0.256 e. The van der Waals surface area contributed by atoms with Crippen molar-refractivity contribution in [1.82, 2.24) is 0 Å². The molecule has 0 radical (unpaired) electrons. The first-order valence-corrected chi connectivity index (χ1v) is 12.4. The van der Waals surface area contributed by atoms with Crippen LogP contribution in [0.4, 0.5) is 0 Å². The Bertz CT molecular complexity index is 1020. The third-order valence-corrected chi connectivity index (χ3v) is 10.7. The zero-order chi connectivity index (χ0) is 19.8. The summed E-state index contributed by atoms with van der Waals surface area (Å²) in [5.74, 6) is 0.521. The van der Waals surface area contributed by atoms with E-state index in [1.807, 2.05) is 30.3 Å². The Balaban J connectivity index is 1.63. The van der Waals surface area contributed by atoms with Gasteiger partial charge in [-0.15, -0.1) is 0 Å². The van der Waals surface area contributed by atoms with E-state index in [2.05, 4.69) is 67.6 Å². The quantitative estimate of drug-likeness (QED) is 0.624. The summed E-state index contributed by atoms with van der Waals surface area (Å²) < 4.78 is 6.83. The Morgan fingerprint density at radius 3 is 1.86 bits per heavy atom. The van der Waals surface area contributed by atoms with E-state index in [0.717, 1.165) is 17.2 Å². The van der Waals surface area contributed by atoms with Crippen LogP contribution in [0.5, 0.6) is 0 Å². The molecule has 29 heavy (non-hydrogen) atoms. The molecule has 0 unspecified atom stereocenters. The van der Waals surface area contributed by atoms with Gasteiger partial charge in [-0.05, 0) is 33.5 Å². The number of carbonyl (C=O) groups excluding carboxylic acids is 1. The first kappa shape index (κ1) is 18.3. The minimum atomic E-state index is -2.41. The Morgan fingerprint density at radius 1 is 0.793 bits per heavy atom. The van der Waals surface area contributed by atoms with Gasteiger partial charge in [-0.25, -0.2) is 0 Å². The molecule has 1 saturated heterocycles. The molecule has 3 aromatic carbocycles. The molecule has 1 aliphatic heterocycles. The number of rotatable bonds is 3. The standard InChI is InChI=1S/C26H24O2Si/c1-19-24-18-29(21-13-7-3-8-14-21,22-15-9-4-10-16-22)28-17-23(24)25(26(19)27)20-11-5-2-6-12-20/h2-16,19,24H,17-18H2,1H3/t19-,24-/m1/s1. The Hall–Kier alpha value is -2.75. The second-order valence-corrected chi connectivity index (χ2v) is 11.6. The second kappa shape index (κ2) is 7.25. The van der Waals surface area contributed by atoms with Crippen LogP contribution in [0.1, 0.15) is 12.5 Å². The smallest absolute Gasteiger partial charge is 0.256 e. The van der Waals surface area contributed by atoms with Gasteiger partial charge in [0.15, 0.2) is 5.78 Å². The Morgan fingerprint density at radius 2 is 1.31 bits per heavy atom. The summed E-state index contributed by atoms with van der Waals surface area (Å²) in [5.41, 5.74) is 3.12. The lowest BCUT2D eigenvalue weighted by atomic mass is 9.94. The summed E-state index contributed by atoms with van der Waals surface area (Å²) in [6.45, 7) is 2.64. The fourth-order valence-corrected chi connectivity index (χ4v) is 9.36. The first-order valence-electron chi connectivity index (χ1n) is 10.3. The molecule has 1 aliphatic carbocycles. The molecular weight excluding hydrogens is 372 g/mol. The molecule has 0 N–H and O–H groups in total. The van der Waals surface area contributed by atoms with Crippen LogP contribution in [-0.4, -0.2) is 20.7 Å². The molecule has 0 aromatic heterocycles. The van der Waals surface area contributed by atoms with E-state index in [0.29, 0.717) is 6.61 Å². The van der Waals surface area contributed by atoms with Gasteiger partial charge < -0.3 is 4.43 Å². The largest absolute Gasteiger partial charge is 0.404 e. The van der Waals surface area contributed by atoms with Crippen LogP contribution >= 0.6 is 0 Å². The topological polar surface area (TPSA) is 26.3 Å². The molecule has 5 rings (SSSR count). The molecule has 3 aromatic rings. The van der Waals surface area contributed by atoms with Crippen LogP contribution in [0, 0.1) is 11.8 Å². The molecule has 3 heteroatoms. The van der Waals surface area contributed by atoms with E-state index < -0.39 is 8.32 Å². The van der Waals surface area contributed by atoms with Crippen molar-refractivity contribution in [3.05, 3.63) is 102 Å². The number of fused-ring (bicyclic) bond motifs is 1. The van der Waals surface area contributed by atoms with Crippen molar-refractivity contribution in [1.29, 1.82) is 0 Å². The first-order chi connectivity index (χ1) is 14.2. The molecule has 0 spiro atoms. The summed E-state index contributed by atoms with van der Waals surface area (Å²) in [7, 11) is -2.41. The molecule has 2 nitrogen and oxygen atoms in total. The molecule has 0 amide bonds. The van der Waals surface area contributed by atoms with Crippen molar-refractivity contribution < 1.29 is 9.22 Å². The fraction of sp³-hybridized carbons (Fsp3) is 0.192. The Labute approximate surface area is 173 Å². The fourth-order valence-electron chi connectivity index (χ4n) is 5.02. The monoisotopic (exact) mass is 396 g/mol. The number of ketones is 1. The minimum Gasteiger partial charge on any atom is -0.404 e. The Kier molecular flexibility index (Phi) is 4.57. The van der Waals surface area contributed by atoms with Gasteiger partial charge in [-0.1, -0.05) is 97.9 Å². The van der Waals surface area contributed by atoms with E-state index in [-0.39, 0.29) is 17.6 Å². The third kappa shape index (κ3) is 2.93. The summed E-state index contributed by atoms with van der Waals surface area (Å²) in [4.78, 5) is 13.3. The highest BCUT2D eigenvalue weighted by Crippen LogP contribution is 2.46. The molecule has 2 atom stereocenters. The number of carbonyl (C=O) groups is 1. The number of benzene rings is 3. The summed E-state index contributed by atoms with van der Waals surface area (Å²) in [5, 5.41) is 2.58. The van der Waals surface area contributed by atoms with Gasteiger partial charge in [0.25, 0.3) is 8.32 Å². The highest BCUT2D eigenvalue weighted by molar-refractivity contribution is 6.97. The average molecular weight is 397 g/mol. The molecule has 0 saturated carbocycles. The normalized spacial score (nSPS) is 23.1. The zero-order valence-electron chi connectivity index (χ0n) is 16.5. The number of hydrogen-bond acceptors (Lipinski definition) is 2. The lowest BCUT2D eigenvalue weighted by molar-refractivity contribution is -0.116. The van der Waals surface area contributed by atoms with Crippen molar-refractivity contribution >= 4 is 30.0 Å². The van der Waals surface area contributed by atoms with Crippen LogP contribution in [0.2, 0.25) is 6.04 Å². The van der Waals surface area contributed by atoms with Gasteiger partial charge in [-0.3, -0.25) is 4.79 Å². The summed E-state index contributed by atoms with van der Waals surface area (Å²) in [6, 6.07) is 32.3. The SMILES string of the molecule is C[C@H]1C(=O)C(c2ccccc2)=C2CO[Si](c3ccccc3)(c3ccccc3)C[C@@H]21. The zero-order valence-corrected chi connectivity index (χ0v) is 17.5. The van der Waals surface area contributed by atoms with Crippen LogP contribution in [0.25, 0.3) is 5.57 Å². The third-order valence-electron chi connectivity index (χ3n) is 6.56. The van der Waals surface area contributed by atoms with Crippen molar-refractivity contribution in [3.8, 4) is 0 Å². The molecule has 0 bridgehead atoms. The highest BCUT2D eigenvalue weighted by atomic mass is 28.4. The molecule has 144 valence electrons. The predicted molar refractivity (Wildman–Crippen MR) is 120 cm³/mol. The summed E-state index contributed by atoms with van der Waals surface area (Å²) >= 11 is 0. The van der Waals surface area contributed by atoms with Gasteiger partial charge in [0.2, 0.25) is 0 Å². The van der Waals surface area contributed by atoms with Crippen molar-refractivity contribution in [2.24, 2.45) is 11.8 Å². The van der Waals surface area contributed by atoms with Crippen LogP contribution in [0.3, 0.4) is 0 Å². The van der Waals surface area contributed by atoms with E-state index in [4.69, 9.17) is 4.43 Å². The van der Waals surface area contributed by atoms with Crippen molar-refractivity contribution in [2.45, 2.75) is 13.0 Å². The van der Waals surface area contributed by atoms with Gasteiger partial charge in [0, 0.05) is 11.5 Å². The number of hydrogen-bond donors (Lipinski definition) is 0. The summed E-state index contributed by atoms with van der Waals surface area (Å²) in [6.07, 6.45) is 0. The van der Waals surface area contributed by atoms with Crippen LogP contribution in [-0.2, 0) is 9.22 Å². The van der Waals surface area contributed by atoms with Crippen LogP contribution in [0.15, 0.2) is 96.6 Å². The lowest BCUT2D eigenvalue weighted by Gasteiger charge is -2.40. The average Bonchev–Trinajstić information content (AvgIpc) is 3.05. The molecule has 1 fully saturated rings. The van der Waals surface area contributed by atoms with E-state index in [9.17, 15) is 4.79 Å². The second-order valence-electron chi connectivity index (χ2n) is 8.08. The van der Waals surface area contributed by atoms with Gasteiger partial charge >= 0.3 is 0 Å². The van der Waals surface area contributed by atoms with Gasteiger partial charge in [-0.2, -0.15) is 0 Å². The van der Waals surface area contributed by atoms with Gasteiger partial charge in [0.05, 0.1) is 6.61 Å². The molecular formula is C26H24O2Si. The predicted octanol–water partition coefficient (Wildman–Crippen LogP) is 4.07. The number of Topliss-reactive ketones (excluding diaryl/α,β-unsaturated/α-hetero) is 1. The maximum absolute atomic E-state index is 13.3. The molecule has 1 heterocycles. The number of allylic oxidation sites excluding steroid dienone is 1. The maximum atomic E-state index is 13.3. The van der Waals surface area contributed by atoms with Gasteiger partial charge in [0.1, 0.15) is 0 Å². The van der Waals surface area contributed by atoms with Crippen LogP contribution < -0.4 is 10.4 Å². The lowest BCUT2D eigenvalue weighted by Crippen LogP contribution is -2.64.